The lowest BCUT2D eigenvalue weighted by Crippen LogP contribution is -2.09. The summed E-state index contributed by atoms with van der Waals surface area (Å²) in [6.07, 6.45) is 0. The van der Waals surface area contributed by atoms with Gasteiger partial charge in [0, 0.05) is 5.56 Å². The van der Waals surface area contributed by atoms with Crippen molar-refractivity contribution in [3.8, 4) is 5.69 Å². The molecule has 142 valence electrons. The second-order valence-corrected chi connectivity index (χ2v) is 9.20. The van der Waals surface area contributed by atoms with Crippen molar-refractivity contribution in [1.82, 2.24) is 9.78 Å². The third kappa shape index (κ3) is 3.68. The van der Waals surface area contributed by atoms with E-state index >= 15 is 0 Å². The quantitative estimate of drug-likeness (QED) is 0.459. The van der Waals surface area contributed by atoms with Crippen molar-refractivity contribution in [2.75, 3.05) is 0 Å². The number of hydrogen-bond acceptors (Lipinski definition) is 3. The normalized spacial score (nSPS) is 11.8. The molecule has 1 aromatic heterocycles. The maximum absolute atomic E-state index is 13.0. The molecule has 0 bridgehead atoms. The Hall–Kier alpha value is -2.63. The van der Waals surface area contributed by atoms with Crippen LogP contribution < -0.4 is 0 Å². The van der Waals surface area contributed by atoms with Crippen LogP contribution >= 0.6 is 11.6 Å². The van der Waals surface area contributed by atoms with Gasteiger partial charge in [0.1, 0.15) is 5.15 Å². The topological polar surface area (TPSA) is 52.0 Å². The molecule has 6 heteroatoms. The van der Waals surface area contributed by atoms with Gasteiger partial charge in [-0.15, -0.1) is 0 Å². The number of aromatic nitrogens is 2. The minimum atomic E-state index is -3.43. The van der Waals surface area contributed by atoms with Crippen LogP contribution in [0.15, 0.2) is 72.8 Å². The first-order valence-corrected chi connectivity index (χ1v) is 11.1. The number of rotatable bonds is 5. The van der Waals surface area contributed by atoms with Crippen LogP contribution in [-0.4, -0.2) is 18.2 Å². The molecule has 4 nitrogen and oxygen atoms in total. The van der Waals surface area contributed by atoms with Gasteiger partial charge in [-0.3, -0.25) is 0 Å². The summed E-state index contributed by atoms with van der Waals surface area (Å²) in [6.45, 7) is 1.79. The SMILES string of the molecule is Cc1nn(-c2ccccc2)c(Cl)c1CS(=O)(=O)Cc1cccc2ccccc12. The summed E-state index contributed by atoms with van der Waals surface area (Å²) < 4.78 is 27.5. The third-order valence-electron chi connectivity index (χ3n) is 4.74. The van der Waals surface area contributed by atoms with E-state index in [1.54, 1.807) is 11.6 Å². The van der Waals surface area contributed by atoms with Crippen LogP contribution in [-0.2, 0) is 21.3 Å². The Balaban J connectivity index is 1.66. The van der Waals surface area contributed by atoms with Crippen LogP contribution in [0.3, 0.4) is 0 Å². The average molecular weight is 411 g/mol. The molecular weight excluding hydrogens is 392 g/mol. The van der Waals surface area contributed by atoms with Crippen molar-refractivity contribution in [2.45, 2.75) is 18.4 Å². The zero-order valence-corrected chi connectivity index (χ0v) is 16.9. The van der Waals surface area contributed by atoms with Gasteiger partial charge in [-0.25, -0.2) is 13.1 Å². The molecule has 0 radical (unpaired) electrons. The fraction of sp³-hybridized carbons (Fsp3) is 0.136. The second-order valence-electron chi connectivity index (χ2n) is 6.77. The maximum Gasteiger partial charge on any atom is 0.158 e. The van der Waals surface area contributed by atoms with Crippen molar-refractivity contribution in [3.05, 3.63) is 94.8 Å². The number of nitrogens with zero attached hydrogens (tertiary/aromatic N) is 2. The molecule has 0 atom stereocenters. The first-order chi connectivity index (χ1) is 13.4. The molecule has 0 spiro atoms. The summed E-state index contributed by atoms with van der Waals surface area (Å²) in [5, 5.41) is 6.76. The molecule has 4 rings (SSSR count). The van der Waals surface area contributed by atoms with Crippen molar-refractivity contribution >= 4 is 32.2 Å². The van der Waals surface area contributed by atoms with E-state index in [4.69, 9.17) is 11.6 Å². The maximum atomic E-state index is 13.0. The highest BCUT2D eigenvalue weighted by Gasteiger charge is 2.22. The summed E-state index contributed by atoms with van der Waals surface area (Å²) in [4.78, 5) is 0. The Labute approximate surface area is 169 Å². The van der Waals surface area contributed by atoms with E-state index in [2.05, 4.69) is 5.10 Å². The van der Waals surface area contributed by atoms with E-state index in [1.807, 2.05) is 72.8 Å². The molecule has 0 unspecified atom stereocenters. The molecule has 3 aromatic carbocycles. The van der Waals surface area contributed by atoms with E-state index in [9.17, 15) is 8.42 Å². The molecule has 0 fully saturated rings. The lowest BCUT2D eigenvalue weighted by Gasteiger charge is -2.08. The van der Waals surface area contributed by atoms with Gasteiger partial charge < -0.3 is 0 Å². The Morgan fingerprint density at radius 3 is 2.36 bits per heavy atom. The Morgan fingerprint density at radius 2 is 1.57 bits per heavy atom. The summed E-state index contributed by atoms with van der Waals surface area (Å²) in [5.41, 5.74) is 2.76. The number of benzene rings is 3. The number of hydrogen-bond donors (Lipinski definition) is 0. The van der Waals surface area contributed by atoms with Gasteiger partial charge in [-0.05, 0) is 35.4 Å². The fourth-order valence-corrected chi connectivity index (χ4v) is 5.39. The van der Waals surface area contributed by atoms with Crippen molar-refractivity contribution < 1.29 is 8.42 Å². The molecule has 0 saturated carbocycles. The first-order valence-electron chi connectivity index (χ1n) is 8.91. The van der Waals surface area contributed by atoms with Crippen LogP contribution in [0.25, 0.3) is 16.5 Å². The number of sulfone groups is 1. The van der Waals surface area contributed by atoms with Crippen LogP contribution in [0.5, 0.6) is 0 Å². The molecule has 0 aliphatic heterocycles. The van der Waals surface area contributed by atoms with Gasteiger partial charge in [0.15, 0.2) is 9.84 Å². The summed E-state index contributed by atoms with van der Waals surface area (Å²) >= 11 is 6.50. The first kappa shape index (κ1) is 18.7. The summed E-state index contributed by atoms with van der Waals surface area (Å²) in [5.74, 6) is -0.186. The fourth-order valence-electron chi connectivity index (χ4n) is 3.36. The summed E-state index contributed by atoms with van der Waals surface area (Å²) in [7, 11) is -3.43. The van der Waals surface area contributed by atoms with Gasteiger partial charge in [-0.2, -0.15) is 5.10 Å². The Bertz CT molecular complexity index is 1240. The second kappa shape index (κ2) is 7.41. The van der Waals surface area contributed by atoms with Crippen LogP contribution in [0.2, 0.25) is 5.15 Å². The predicted octanol–water partition coefficient (Wildman–Crippen LogP) is 5.10. The number of para-hydroxylation sites is 1. The number of halogens is 1. The average Bonchev–Trinajstić information content (AvgIpc) is 2.96. The smallest absolute Gasteiger partial charge is 0.158 e. The van der Waals surface area contributed by atoms with Crippen molar-refractivity contribution in [3.63, 3.8) is 0 Å². The van der Waals surface area contributed by atoms with Gasteiger partial charge >= 0.3 is 0 Å². The predicted molar refractivity (Wildman–Crippen MR) is 114 cm³/mol. The molecule has 1 heterocycles. The molecule has 0 N–H and O–H groups in total. The lowest BCUT2D eigenvalue weighted by atomic mass is 10.1. The summed E-state index contributed by atoms with van der Waals surface area (Å²) in [6, 6.07) is 23.0. The van der Waals surface area contributed by atoms with Gasteiger partial charge in [0.2, 0.25) is 0 Å². The molecule has 28 heavy (non-hydrogen) atoms. The van der Waals surface area contributed by atoms with Crippen LogP contribution in [0.1, 0.15) is 16.8 Å². The van der Waals surface area contributed by atoms with Crippen molar-refractivity contribution in [2.24, 2.45) is 0 Å². The van der Waals surface area contributed by atoms with E-state index in [0.29, 0.717) is 16.4 Å². The van der Waals surface area contributed by atoms with Crippen LogP contribution in [0.4, 0.5) is 0 Å². The highest BCUT2D eigenvalue weighted by atomic mass is 35.5. The van der Waals surface area contributed by atoms with E-state index < -0.39 is 9.84 Å². The molecule has 0 aliphatic rings. The Morgan fingerprint density at radius 1 is 0.893 bits per heavy atom. The zero-order valence-electron chi connectivity index (χ0n) is 15.3. The minimum absolute atomic E-state index is 0.0410. The Kier molecular flexibility index (Phi) is 4.96. The third-order valence-corrected chi connectivity index (χ3v) is 6.61. The highest BCUT2D eigenvalue weighted by Crippen LogP contribution is 2.27. The van der Waals surface area contributed by atoms with Crippen molar-refractivity contribution in [1.29, 1.82) is 0 Å². The molecule has 0 saturated heterocycles. The largest absolute Gasteiger partial charge is 0.228 e. The number of fused-ring (bicyclic) bond motifs is 1. The van der Waals surface area contributed by atoms with Gasteiger partial charge in [0.25, 0.3) is 0 Å². The standard InChI is InChI=1S/C22H19ClN2O2S/c1-16-21(22(23)25(24-16)19-11-3-2-4-12-19)15-28(26,27)14-18-10-7-9-17-8-5-6-13-20(17)18/h2-13H,14-15H2,1H3. The molecule has 0 aliphatic carbocycles. The van der Waals surface area contributed by atoms with E-state index in [1.165, 1.54) is 0 Å². The monoisotopic (exact) mass is 410 g/mol. The molecule has 0 amide bonds. The van der Waals surface area contributed by atoms with E-state index in [0.717, 1.165) is 22.0 Å². The van der Waals surface area contributed by atoms with Crippen LogP contribution in [0, 0.1) is 6.92 Å². The lowest BCUT2D eigenvalue weighted by molar-refractivity contribution is 0.594. The van der Waals surface area contributed by atoms with Gasteiger partial charge in [-0.1, -0.05) is 72.3 Å². The highest BCUT2D eigenvalue weighted by molar-refractivity contribution is 7.89. The van der Waals surface area contributed by atoms with Gasteiger partial charge in [0.05, 0.1) is 22.9 Å². The minimum Gasteiger partial charge on any atom is -0.228 e. The molecular formula is C22H19ClN2O2S. The van der Waals surface area contributed by atoms with E-state index in [-0.39, 0.29) is 11.5 Å². The zero-order chi connectivity index (χ0) is 19.7. The molecule has 4 aromatic rings. The number of aryl methyl sites for hydroxylation is 1.